The van der Waals surface area contributed by atoms with Crippen molar-refractivity contribution in [2.24, 2.45) is 0 Å². The summed E-state index contributed by atoms with van der Waals surface area (Å²) >= 11 is 0. The van der Waals surface area contributed by atoms with E-state index in [1.54, 1.807) is 13.0 Å². The van der Waals surface area contributed by atoms with Crippen molar-refractivity contribution in [2.75, 3.05) is 24.6 Å². The molecular weight excluding hydrogens is 307 g/mol. The van der Waals surface area contributed by atoms with Crippen LogP contribution >= 0.6 is 0 Å². The van der Waals surface area contributed by atoms with E-state index in [0.29, 0.717) is 31.8 Å². The van der Waals surface area contributed by atoms with Crippen molar-refractivity contribution in [2.45, 2.75) is 45.7 Å². The maximum absolute atomic E-state index is 12.8. The van der Waals surface area contributed by atoms with Crippen molar-refractivity contribution >= 4 is 11.7 Å². The van der Waals surface area contributed by atoms with E-state index in [9.17, 15) is 18.0 Å². The Balaban J connectivity index is 2.75. The predicted octanol–water partition coefficient (Wildman–Crippen LogP) is 4.66. The highest BCUT2D eigenvalue weighted by molar-refractivity contribution is 5.69. The van der Waals surface area contributed by atoms with E-state index in [1.165, 1.54) is 12.1 Å². The smallest absolute Gasteiger partial charge is 0.416 e. The Morgan fingerprint density at radius 3 is 2.48 bits per heavy atom. The topological polar surface area (TPSA) is 29.5 Å². The van der Waals surface area contributed by atoms with Crippen LogP contribution in [0.25, 0.3) is 0 Å². The van der Waals surface area contributed by atoms with Gasteiger partial charge in [-0.3, -0.25) is 4.79 Å². The third-order valence-electron chi connectivity index (χ3n) is 3.43. The fraction of sp³-hybridized carbons (Fsp3) is 0.588. The number of carbonyl (C=O) groups excluding carboxylic acids is 1. The van der Waals surface area contributed by atoms with Crippen LogP contribution in [0.4, 0.5) is 18.9 Å². The highest BCUT2D eigenvalue weighted by Gasteiger charge is 2.30. The summed E-state index contributed by atoms with van der Waals surface area (Å²) in [5, 5.41) is 0. The molecule has 1 aromatic carbocycles. The van der Waals surface area contributed by atoms with Gasteiger partial charge in [0.25, 0.3) is 0 Å². The predicted molar refractivity (Wildman–Crippen MR) is 84.4 cm³/mol. The highest BCUT2D eigenvalue weighted by atomic mass is 19.4. The van der Waals surface area contributed by atoms with Crippen molar-refractivity contribution in [1.82, 2.24) is 0 Å². The van der Waals surface area contributed by atoms with Gasteiger partial charge in [-0.2, -0.15) is 13.2 Å². The van der Waals surface area contributed by atoms with Gasteiger partial charge >= 0.3 is 12.1 Å². The van der Waals surface area contributed by atoms with Crippen LogP contribution in [0.2, 0.25) is 0 Å². The number of carbonyl (C=O) groups is 1. The second kappa shape index (κ2) is 9.43. The molecule has 130 valence electrons. The molecule has 0 atom stereocenters. The molecule has 3 nitrogen and oxygen atoms in total. The first kappa shape index (κ1) is 19.3. The van der Waals surface area contributed by atoms with E-state index in [0.717, 1.165) is 18.9 Å². The van der Waals surface area contributed by atoms with Gasteiger partial charge < -0.3 is 9.64 Å². The molecule has 6 heteroatoms. The quantitative estimate of drug-likeness (QED) is 0.617. The van der Waals surface area contributed by atoms with E-state index in [-0.39, 0.29) is 12.4 Å². The maximum atomic E-state index is 12.8. The van der Waals surface area contributed by atoms with Crippen LogP contribution in [-0.2, 0) is 15.7 Å². The van der Waals surface area contributed by atoms with Crippen molar-refractivity contribution in [3.63, 3.8) is 0 Å². The second-order valence-corrected chi connectivity index (χ2v) is 5.30. The molecule has 0 N–H and O–H groups in total. The normalized spacial score (nSPS) is 11.3. The molecule has 0 aromatic heterocycles. The summed E-state index contributed by atoms with van der Waals surface area (Å²) < 4.78 is 43.4. The first-order chi connectivity index (χ1) is 10.9. The van der Waals surface area contributed by atoms with Crippen LogP contribution in [0.1, 0.15) is 45.1 Å². The molecule has 0 aliphatic heterocycles. The summed E-state index contributed by atoms with van der Waals surface area (Å²) in [4.78, 5) is 13.3. The third kappa shape index (κ3) is 6.93. The first-order valence-electron chi connectivity index (χ1n) is 7.96. The molecule has 0 radical (unpaired) electrons. The fourth-order valence-corrected chi connectivity index (χ4v) is 2.25. The number of halogens is 3. The molecule has 1 aromatic rings. The molecule has 23 heavy (non-hydrogen) atoms. The highest BCUT2D eigenvalue weighted by Crippen LogP contribution is 2.31. The number of unbranched alkanes of at least 4 members (excludes halogenated alkanes) is 1. The number of anilines is 1. The van der Waals surface area contributed by atoms with E-state index in [1.807, 2.05) is 11.8 Å². The minimum absolute atomic E-state index is 0.271. The molecule has 0 bridgehead atoms. The lowest BCUT2D eigenvalue weighted by molar-refractivity contribution is -0.143. The molecule has 0 spiro atoms. The summed E-state index contributed by atoms with van der Waals surface area (Å²) in [7, 11) is 0. The molecule has 1 rings (SSSR count). The number of ether oxygens (including phenoxy) is 1. The van der Waals surface area contributed by atoms with E-state index < -0.39 is 11.7 Å². The van der Waals surface area contributed by atoms with Crippen molar-refractivity contribution in [3.8, 4) is 0 Å². The van der Waals surface area contributed by atoms with Gasteiger partial charge in [-0.05, 0) is 38.0 Å². The Morgan fingerprint density at radius 2 is 1.87 bits per heavy atom. The molecule has 0 aliphatic carbocycles. The van der Waals surface area contributed by atoms with Crippen molar-refractivity contribution in [1.29, 1.82) is 0 Å². The summed E-state index contributed by atoms with van der Waals surface area (Å²) in [6, 6.07) is 5.33. The van der Waals surface area contributed by atoms with Gasteiger partial charge in [0.05, 0.1) is 12.2 Å². The average Bonchev–Trinajstić information content (AvgIpc) is 2.50. The van der Waals surface area contributed by atoms with Gasteiger partial charge in [0, 0.05) is 25.2 Å². The van der Waals surface area contributed by atoms with Gasteiger partial charge in [0.2, 0.25) is 0 Å². The van der Waals surface area contributed by atoms with Crippen LogP contribution in [-0.4, -0.2) is 25.7 Å². The Bertz CT molecular complexity index is 489. The molecule has 0 saturated heterocycles. The summed E-state index contributed by atoms with van der Waals surface area (Å²) in [6.45, 7) is 5.31. The molecule has 0 amide bonds. The average molecular weight is 331 g/mol. The molecule has 0 unspecified atom stereocenters. The van der Waals surface area contributed by atoms with Gasteiger partial charge in [-0.15, -0.1) is 0 Å². The second-order valence-electron chi connectivity index (χ2n) is 5.30. The minimum atomic E-state index is -4.35. The molecule has 0 saturated carbocycles. The van der Waals surface area contributed by atoms with Crippen LogP contribution < -0.4 is 4.90 Å². The Kier molecular flexibility index (Phi) is 7.92. The lowest BCUT2D eigenvalue weighted by Crippen LogP contribution is -2.26. The summed E-state index contributed by atoms with van der Waals surface area (Å²) in [5.74, 6) is -0.271. The first-order valence-corrected chi connectivity index (χ1v) is 7.96. The zero-order valence-electron chi connectivity index (χ0n) is 13.7. The third-order valence-corrected chi connectivity index (χ3v) is 3.43. The van der Waals surface area contributed by atoms with Gasteiger partial charge in [0.1, 0.15) is 0 Å². The van der Waals surface area contributed by atoms with Gasteiger partial charge in [-0.25, -0.2) is 0 Å². The van der Waals surface area contributed by atoms with Gasteiger partial charge in [0.15, 0.2) is 0 Å². The lowest BCUT2D eigenvalue weighted by atomic mass is 10.1. The van der Waals surface area contributed by atoms with E-state index in [2.05, 4.69) is 0 Å². The number of hydrogen-bond acceptors (Lipinski definition) is 3. The standard InChI is InChI=1S/C17H24F3NO2/c1-3-5-11-21(12-7-10-16(22)23-4-2)15-9-6-8-14(13-15)17(18,19)20/h6,8-9,13H,3-5,7,10-12H2,1-2H3. The van der Waals surface area contributed by atoms with Gasteiger partial charge in [-0.1, -0.05) is 19.4 Å². The van der Waals surface area contributed by atoms with E-state index >= 15 is 0 Å². The lowest BCUT2D eigenvalue weighted by Gasteiger charge is -2.25. The SMILES string of the molecule is CCCCN(CCCC(=O)OCC)c1cccc(C(F)(F)F)c1. The number of benzene rings is 1. The summed E-state index contributed by atoms with van der Waals surface area (Å²) in [5.41, 5.74) is -0.112. The number of esters is 1. The minimum Gasteiger partial charge on any atom is -0.466 e. The van der Waals surface area contributed by atoms with E-state index in [4.69, 9.17) is 4.74 Å². The van der Waals surface area contributed by atoms with Crippen LogP contribution in [0.3, 0.4) is 0 Å². The van der Waals surface area contributed by atoms with Crippen LogP contribution in [0.15, 0.2) is 24.3 Å². The molecular formula is C17H24F3NO2. The van der Waals surface area contributed by atoms with Crippen LogP contribution in [0.5, 0.6) is 0 Å². The zero-order valence-corrected chi connectivity index (χ0v) is 13.7. The van der Waals surface area contributed by atoms with Crippen molar-refractivity contribution < 1.29 is 22.7 Å². The molecule has 0 fully saturated rings. The monoisotopic (exact) mass is 331 g/mol. The maximum Gasteiger partial charge on any atom is 0.416 e. The number of alkyl halides is 3. The molecule has 0 heterocycles. The zero-order chi connectivity index (χ0) is 17.3. The number of hydrogen-bond donors (Lipinski definition) is 0. The Morgan fingerprint density at radius 1 is 1.17 bits per heavy atom. The van der Waals surface area contributed by atoms with Crippen molar-refractivity contribution in [3.05, 3.63) is 29.8 Å². The fourth-order valence-electron chi connectivity index (χ4n) is 2.25. The largest absolute Gasteiger partial charge is 0.466 e. The Hall–Kier alpha value is -1.72. The summed E-state index contributed by atoms with van der Waals surface area (Å²) in [6.07, 6.45) is -1.69. The van der Waals surface area contributed by atoms with Crippen LogP contribution in [0, 0.1) is 0 Å². The number of rotatable bonds is 9. The molecule has 0 aliphatic rings. The number of nitrogens with zero attached hydrogens (tertiary/aromatic N) is 1. The Labute approximate surface area is 135 Å².